The highest BCUT2D eigenvalue weighted by Crippen LogP contribution is 2.38. The van der Waals surface area contributed by atoms with Gasteiger partial charge in [-0.3, -0.25) is 15.4 Å². The molecule has 2 aromatic carbocycles. The number of non-ortho nitro benzene ring substituents is 1. The lowest BCUT2D eigenvalue weighted by Crippen LogP contribution is -2.19. The molecule has 9 nitrogen and oxygen atoms in total. The summed E-state index contributed by atoms with van der Waals surface area (Å²) in [7, 11) is 1.07. The minimum atomic E-state index is -5.00. The van der Waals surface area contributed by atoms with Gasteiger partial charge in [-0.15, -0.1) is 0 Å². The lowest BCUT2D eigenvalue weighted by molar-refractivity contribution is -0.384. The third kappa shape index (κ3) is 4.66. The molecule has 0 radical (unpaired) electrons. The van der Waals surface area contributed by atoms with E-state index in [1.807, 2.05) is 5.32 Å². The highest BCUT2D eigenvalue weighted by atomic mass is 19.4. The molecule has 0 spiro atoms. The molecular weight excluding hydrogens is 389 g/mol. The Morgan fingerprint density at radius 1 is 1.18 bits per heavy atom. The molecule has 0 atom stereocenters. The third-order valence-electron chi connectivity index (χ3n) is 3.37. The molecule has 0 aromatic heterocycles. The Labute approximate surface area is 154 Å². The highest BCUT2D eigenvalue weighted by molar-refractivity contribution is 5.94. The van der Waals surface area contributed by atoms with Crippen LogP contribution in [0.25, 0.3) is 0 Å². The van der Waals surface area contributed by atoms with Gasteiger partial charge in [-0.2, -0.15) is 13.2 Å². The number of nitrogens with one attached hydrogen (secondary N) is 1. The van der Waals surface area contributed by atoms with Crippen molar-refractivity contribution in [2.24, 2.45) is 0 Å². The summed E-state index contributed by atoms with van der Waals surface area (Å²) in [5, 5.41) is 21.5. The molecule has 0 unspecified atom stereocenters. The Balaban J connectivity index is 2.30. The first kappa shape index (κ1) is 20.5. The fraction of sp³-hybridized carbons (Fsp3) is 0.125. The second kappa shape index (κ2) is 7.82. The molecule has 0 aliphatic carbocycles. The van der Waals surface area contributed by atoms with Crippen LogP contribution in [0.4, 0.5) is 29.3 Å². The maximum Gasteiger partial charge on any atom is 0.417 e. The number of carbonyl (C=O) groups is 2. The number of ether oxygens (including phenoxy) is 2. The number of nitro groups is 1. The summed E-state index contributed by atoms with van der Waals surface area (Å²) < 4.78 is 49.0. The smallest absolute Gasteiger partial charge is 0.417 e. The van der Waals surface area contributed by atoms with Crippen LogP contribution in [0.1, 0.15) is 15.9 Å². The summed E-state index contributed by atoms with van der Waals surface area (Å²) in [4.78, 5) is 32.9. The van der Waals surface area contributed by atoms with Gasteiger partial charge in [-0.25, -0.2) is 9.59 Å². The zero-order valence-electron chi connectivity index (χ0n) is 13.9. The Morgan fingerprint density at radius 2 is 1.79 bits per heavy atom. The number of hydrogen-bond acceptors (Lipinski definition) is 6. The number of nitrogens with zero attached hydrogens (tertiary/aromatic N) is 1. The predicted octanol–water partition coefficient (Wildman–Crippen LogP) is 3.93. The van der Waals surface area contributed by atoms with E-state index in [4.69, 9.17) is 14.6 Å². The minimum absolute atomic E-state index is 0.111. The van der Waals surface area contributed by atoms with Crippen molar-refractivity contribution in [3.63, 3.8) is 0 Å². The first-order chi connectivity index (χ1) is 13.0. The van der Waals surface area contributed by atoms with Crippen LogP contribution in [0, 0.1) is 10.1 Å². The van der Waals surface area contributed by atoms with Gasteiger partial charge in [0.15, 0.2) is 0 Å². The summed E-state index contributed by atoms with van der Waals surface area (Å²) in [5.74, 6) is -2.28. The van der Waals surface area contributed by atoms with E-state index in [1.165, 1.54) is 0 Å². The molecule has 0 aliphatic rings. The number of carboxylic acids is 1. The molecule has 2 aromatic rings. The van der Waals surface area contributed by atoms with Gasteiger partial charge in [0, 0.05) is 12.1 Å². The molecule has 0 bridgehead atoms. The first-order valence-corrected chi connectivity index (χ1v) is 7.28. The zero-order valence-corrected chi connectivity index (χ0v) is 13.9. The van der Waals surface area contributed by atoms with E-state index in [0.29, 0.717) is 12.1 Å². The minimum Gasteiger partial charge on any atom is -0.495 e. The monoisotopic (exact) mass is 400 g/mol. The van der Waals surface area contributed by atoms with E-state index in [2.05, 4.69) is 0 Å². The van der Waals surface area contributed by atoms with Crippen LogP contribution in [0.15, 0.2) is 36.4 Å². The van der Waals surface area contributed by atoms with Crippen LogP contribution in [-0.2, 0) is 6.18 Å². The number of methoxy groups -OCH3 is 1. The second-order valence-electron chi connectivity index (χ2n) is 5.17. The quantitative estimate of drug-likeness (QED) is 0.575. The van der Waals surface area contributed by atoms with Gasteiger partial charge in [0.1, 0.15) is 11.5 Å². The molecule has 0 heterocycles. The van der Waals surface area contributed by atoms with Gasteiger partial charge < -0.3 is 14.6 Å². The maximum atomic E-state index is 13.1. The standard InChI is InChI=1S/C16H11F3N2O7/c1-27-13-6-10(14(22)23)11(16(17,18)19)7-12(13)20-15(24)28-9-4-2-8(3-5-9)21(25)26/h2-7H,1H3,(H,20,24)(H,22,23). The molecule has 0 saturated heterocycles. The molecule has 0 saturated carbocycles. The molecule has 0 fully saturated rings. The number of alkyl halides is 3. The van der Waals surface area contributed by atoms with Crippen LogP contribution in [0.5, 0.6) is 11.5 Å². The normalized spacial score (nSPS) is 10.9. The molecule has 148 valence electrons. The Kier molecular flexibility index (Phi) is 5.72. The number of hydrogen-bond donors (Lipinski definition) is 2. The van der Waals surface area contributed by atoms with Gasteiger partial charge in [-0.1, -0.05) is 0 Å². The molecular formula is C16H11F3N2O7. The maximum absolute atomic E-state index is 13.1. The summed E-state index contributed by atoms with van der Waals surface area (Å²) in [6, 6.07) is 5.37. The predicted molar refractivity (Wildman–Crippen MR) is 87.7 cm³/mol. The summed E-state index contributed by atoms with van der Waals surface area (Å²) in [6.07, 6.45) is -6.22. The molecule has 2 rings (SSSR count). The van der Waals surface area contributed by atoms with Crippen molar-refractivity contribution in [3.05, 3.63) is 57.6 Å². The van der Waals surface area contributed by atoms with Crippen LogP contribution in [-0.4, -0.2) is 29.2 Å². The van der Waals surface area contributed by atoms with E-state index in [1.54, 1.807) is 0 Å². The topological polar surface area (TPSA) is 128 Å². The number of aromatic carboxylic acids is 1. The van der Waals surface area contributed by atoms with Crippen molar-refractivity contribution < 1.29 is 42.3 Å². The number of anilines is 1. The molecule has 0 aliphatic heterocycles. The second-order valence-corrected chi connectivity index (χ2v) is 5.17. The summed E-state index contributed by atoms with van der Waals surface area (Å²) in [5.41, 5.74) is -3.29. The van der Waals surface area contributed by atoms with Crippen molar-refractivity contribution in [2.75, 3.05) is 12.4 Å². The van der Waals surface area contributed by atoms with Crippen LogP contribution >= 0.6 is 0 Å². The van der Waals surface area contributed by atoms with Crippen molar-refractivity contribution >= 4 is 23.4 Å². The lowest BCUT2D eigenvalue weighted by atomic mass is 10.1. The van der Waals surface area contributed by atoms with Gasteiger partial charge in [0.25, 0.3) is 5.69 Å². The average molecular weight is 400 g/mol. The SMILES string of the molecule is COc1cc(C(=O)O)c(C(F)(F)F)cc1NC(=O)Oc1ccc([N+](=O)[O-])cc1. The van der Waals surface area contributed by atoms with Crippen molar-refractivity contribution in [2.45, 2.75) is 6.18 Å². The Morgan fingerprint density at radius 3 is 2.25 bits per heavy atom. The number of carboxylic acid groups (broad SMARTS) is 1. The molecule has 2 N–H and O–H groups in total. The van der Waals surface area contributed by atoms with Crippen LogP contribution in [0.2, 0.25) is 0 Å². The van der Waals surface area contributed by atoms with Crippen LogP contribution < -0.4 is 14.8 Å². The van der Waals surface area contributed by atoms with Crippen LogP contribution in [0.3, 0.4) is 0 Å². The Hall–Kier alpha value is -3.83. The first-order valence-electron chi connectivity index (χ1n) is 7.28. The van der Waals surface area contributed by atoms with Crippen molar-refractivity contribution in [1.29, 1.82) is 0 Å². The fourth-order valence-corrected chi connectivity index (χ4v) is 2.14. The van der Waals surface area contributed by atoms with E-state index >= 15 is 0 Å². The average Bonchev–Trinajstić information content (AvgIpc) is 2.60. The summed E-state index contributed by atoms with van der Waals surface area (Å²) >= 11 is 0. The number of benzene rings is 2. The molecule has 28 heavy (non-hydrogen) atoms. The van der Waals surface area contributed by atoms with Crippen molar-refractivity contribution in [3.8, 4) is 11.5 Å². The van der Waals surface area contributed by atoms with Crippen molar-refractivity contribution in [1.82, 2.24) is 0 Å². The number of nitro benzene ring substituents is 1. The molecule has 12 heteroatoms. The van der Waals surface area contributed by atoms with Gasteiger partial charge in [0.2, 0.25) is 0 Å². The van der Waals surface area contributed by atoms with E-state index in [0.717, 1.165) is 31.4 Å². The van der Waals surface area contributed by atoms with Gasteiger partial charge >= 0.3 is 18.2 Å². The fourth-order valence-electron chi connectivity index (χ4n) is 2.14. The van der Waals surface area contributed by atoms with E-state index < -0.39 is 40.0 Å². The number of amides is 1. The molecule has 1 amide bonds. The largest absolute Gasteiger partial charge is 0.495 e. The number of rotatable bonds is 5. The van der Waals surface area contributed by atoms with Gasteiger partial charge in [0.05, 0.1) is 28.8 Å². The lowest BCUT2D eigenvalue weighted by Gasteiger charge is -2.16. The number of halogens is 3. The van der Waals surface area contributed by atoms with E-state index in [9.17, 15) is 32.9 Å². The number of carbonyl (C=O) groups excluding carboxylic acids is 1. The third-order valence-corrected chi connectivity index (χ3v) is 3.37. The Bertz CT molecular complexity index is 927. The van der Waals surface area contributed by atoms with E-state index in [-0.39, 0.29) is 17.2 Å². The highest BCUT2D eigenvalue weighted by Gasteiger charge is 2.37. The summed E-state index contributed by atoms with van der Waals surface area (Å²) in [6.45, 7) is 0. The zero-order chi connectivity index (χ0) is 21.1. The van der Waals surface area contributed by atoms with Gasteiger partial charge in [-0.05, 0) is 24.3 Å².